The maximum absolute atomic E-state index is 9.46. The Kier molecular flexibility index (Phi) is 7.75. The molecule has 0 saturated carbocycles. The summed E-state index contributed by atoms with van der Waals surface area (Å²) in [7, 11) is 0. The maximum atomic E-state index is 9.46. The van der Waals surface area contributed by atoms with Crippen LogP contribution in [0.25, 0.3) is 0 Å². The number of hydrogen-bond donors (Lipinski definition) is 2. The van der Waals surface area contributed by atoms with Crippen molar-refractivity contribution in [3.05, 3.63) is 0 Å². The molecule has 3 N–H and O–H groups in total. The highest BCUT2D eigenvalue weighted by molar-refractivity contribution is 7.99. The van der Waals surface area contributed by atoms with Gasteiger partial charge >= 0.3 is 0 Å². The third-order valence-corrected chi connectivity index (χ3v) is 2.87. The summed E-state index contributed by atoms with van der Waals surface area (Å²) in [5.41, 5.74) is 5.45. The number of nitrogens with two attached hydrogens (primary N) is 1. The second-order valence-electron chi connectivity index (χ2n) is 3.42. The van der Waals surface area contributed by atoms with Crippen molar-refractivity contribution in [1.29, 1.82) is 0 Å². The number of rotatable bonds is 7. The number of aliphatic hydroxyl groups excluding tert-OH is 1. The fourth-order valence-corrected chi connectivity index (χ4v) is 1.48. The maximum Gasteiger partial charge on any atom is 0.0864 e. The molecule has 0 amide bonds. The number of aliphatic hydroxyl groups is 1. The van der Waals surface area contributed by atoms with E-state index in [4.69, 9.17) is 10.5 Å². The molecule has 0 heterocycles. The van der Waals surface area contributed by atoms with Gasteiger partial charge < -0.3 is 15.6 Å². The summed E-state index contributed by atoms with van der Waals surface area (Å²) in [6, 6.07) is 0. The molecule has 0 fully saturated rings. The van der Waals surface area contributed by atoms with Gasteiger partial charge in [-0.1, -0.05) is 6.92 Å². The molecule has 3 nitrogen and oxygen atoms in total. The Bertz CT molecular complexity index is 122. The molecule has 4 heteroatoms. The molecule has 80 valence electrons. The molecule has 2 atom stereocenters. The van der Waals surface area contributed by atoms with Gasteiger partial charge in [0, 0.05) is 17.5 Å². The van der Waals surface area contributed by atoms with Crippen LogP contribution in [0.3, 0.4) is 0 Å². The smallest absolute Gasteiger partial charge is 0.0864 e. The van der Waals surface area contributed by atoms with Gasteiger partial charge in [-0.2, -0.15) is 11.8 Å². The Hall–Kier alpha value is 0.230. The van der Waals surface area contributed by atoms with Crippen molar-refractivity contribution >= 4 is 11.8 Å². The lowest BCUT2D eigenvalue weighted by Gasteiger charge is -2.15. The highest BCUT2D eigenvalue weighted by Gasteiger charge is 2.08. The van der Waals surface area contributed by atoms with Gasteiger partial charge in [0.1, 0.15) is 0 Å². The van der Waals surface area contributed by atoms with Gasteiger partial charge in [0.15, 0.2) is 0 Å². The van der Waals surface area contributed by atoms with E-state index < -0.39 is 0 Å². The molecule has 0 rings (SSSR count). The number of ether oxygens (including phenoxy) is 1. The van der Waals surface area contributed by atoms with Crippen LogP contribution in [-0.2, 0) is 4.74 Å². The summed E-state index contributed by atoms with van der Waals surface area (Å²) >= 11 is 1.68. The van der Waals surface area contributed by atoms with Gasteiger partial charge in [-0.05, 0) is 13.8 Å². The Morgan fingerprint density at radius 2 is 2.00 bits per heavy atom. The molecule has 0 radical (unpaired) electrons. The highest BCUT2D eigenvalue weighted by atomic mass is 32.2. The molecule has 0 aliphatic carbocycles. The van der Waals surface area contributed by atoms with Crippen LogP contribution in [-0.4, -0.2) is 41.5 Å². The lowest BCUT2D eigenvalue weighted by molar-refractivity contribution is 0.0152. The van der Waals surface area contributed by atoms with Gasteiger partial charge in [-0.3, -0.25) is 0 Å². The van der Waals surface area contributed by atoms with E-state index in [1.807, 2.05) is 13.8 Å². The van der Waals surface area contributed by atoms with Crippen molar-refractivity contribution in [3.63, 3.8) is 0 Å². The topological polar surface area (TPSA) is 55.5 Å². The highest BCUT2D eigenvalue weighted by Crippen LogP contribution is 2.10. The summed E-state index contributed by atoms with van der Waals surface area (Å²) in [5, 5.41) is 9.87. The third kappa shape index (κ3) is 8.56. The third-order valence-electron chi connectivity index (χ3n) is 1.53. The van der Waals surface area contributed by atoms with Gasteiger partial charge in [0.2, 0.25) is 0 Å². The summed E-state index contributed by atoms with van der Waals surface area (Å²) < 4.78 is 5.27. The summed E-state index contributed by atoms with van der Waals surface area (Å²) in [6.45, 7) is 7.05. The largest absolute Gasteiger partial charge is 0.390 e. The monoisotopic (exact) mass is 207 g/mol. The van der Waals surface area contributed by atoms with Crippen molar-refractivity contribution < 1.29 is 9.84 Å². The van der Waals surface area contributed by atoms with E-state index in [0.717, 1.165) is 0 Å². The van der Waals surface area contributed by atoms with Crippen molar-refractivity contribution in [3.8, 4) is 0 Å². The van der Waals surface area contributed by atoms with Crippen molar-refractivity contribution in [1.82, 2.24) is 0 Å². The quantitative estimate of drug-likeness (QED) is 0.650. The number of thioether (sulfide) groups is 1. The first-order valence-electron chi connectivity index (χ1n) is 4.67. The van der Waals surface area contributed by atoms with E-state index in [2.05, 4.69) is 6.92 Å². The van der Waals surface area contributed by atoms with Crippen LogP contribution in [0.2, 0.25) is 0 Å². The van der Waals surface area contributed by atoms with Crippen LogP contribution in [0.4, 0.5) is 0 Å². The van der Waals surface area contributed by atoms with E-state index in [1.165, 1.54) is 0 Å². The zero-order valence-corrected chi connectivity index (χ0v) is 9.51. The summed E-state index contributed by atoms with van der Waals surface area (Å²) in [6.07, 6.45) is -0.187. The lowest BCUT2D eigenvalue weighted by atomic mass is 10.4. The summed E-state index contributed by atoms with van der Waals surface area (Å²) in [4.78, 5) is 0. The minimum Gasteiger partial charge on any atom is -0.390 e. The molecular weight excluding hydrogens is 186 g/mol. The Morgan fingerprint density at radius 1 is 1.38 bits per heavy atom. The van der Waals surface area contributed by atoms with Crippen LogP contribution < -0.4 is 5.73 Å². The Morgan fingerprint density at radius 3 is 2.46 bits per heavy atom. The second kappa shape index (κ2) is 7.62. The van der Waals surface area contributed by atoms with Crippen molar-refractivity contribution in [2.45, 2.75) is 38.2 Å². The first kappa shape index (κ1) is 13.2. The average molecular weight is 207 g/mol. The van der Waals surface area contributed by atoms with Crippen LogP contribution in [0, 0.1) is 0 Å². The number of hydrogen-bond acceptors (Lipinski definition) is 4. The van der Waals surface area contributed by atoms with Crippen LogP contribution in [0.5, 0.6) is 0 Å². The zero-order valence-electron chi connectivity index (χ0n) is 8.69. The predicted molar refractivity (Wildman–Crippen MR) is 58.1 cm³/mol. The van der Waals surface area contributed by atoms with Crippen LogP contribution in [0.1, 0.15) is 20.8 Å². The standard InChI is InChI=1S/C9H21NO2S/c1-7(2)12-5-9(11)6-13-8(3)4-10/h7-9,11H,4-6,10H2,1-3H3. The molecule has 0 bridgehead atoms. The average Bonchev–Trinajstić information content (AvgIpc) is 2.10. The van der Waals surface area contributed by atoms with Crippen LogP contribution in [0.15, 0.2) is 0 Å². The minimum atomic E-state index is -0.374. The second-order valence-corrected chi connectivity index (χ2v) is 4.89. The van der Waals surface area contributed by atoms with Crippen molar-refractivity contribution in [2.24, 2.45) is 5.73 Å². The molecule has 0 saturated heterocycles. The Labute approximate surface area is 85.0 Å². The molecule has 2 unspecified atom stereocenters. The van der Waals surface area contributed by atoms with E-state index >= 15 is 0 Å². The lowest BCUT2D eigenvalue weighted by Crippen LogP contribution is -2.23. The van der Waals surface area contributed by atoms with E-state index in [1.54, 1.807) is 11.8 Å². The molecular formula is C9H21NO2S. The predicted octanol–water partition coefficient (Wildman–Crippen LogP) is 0.853. The minimum absolute atomic E-state index is 0.187. The van der Waals surface area contributed by atoms with E-state index in [0.29, 0.717) is 24.2 Å². The molecule has 0 aromatic rings. The molecule has 0 aromatic carbocycles. The van der Waals surface area contributed by atoms with Gasteiger partial charge in [-0.25, -0.2) is 0 Å². The Balaban J connectivity index is 3.34. The normalized spacial score (nSPS) is 16.2. The molecule has 0 aliphatic heterocycles. The fourth-order valence-electron chi connectivity index (χ4n) is 0.695. The molecule has 0 spiro atoms. The van der Waals surface area contributed by atoms with E-state index in [9.17, 15) is 5.11 Å². The summed E-state index contributed by atoms with van der Waals surface area (Å²) in [5.74, 6) is 0.699. The SMILES string of the molecule is CC(C)OCC(O)CSC(C)CN. The van der Waals surface area contributed by atoms with Crippen LogP contribution >= 0.6 is 11.8 Å². The van der Waals surface area contributed by atoms with Gasteiger partial charge in [0.25, 0.3) is 0 Å². The van der Waals surface area contributed by atoms with Gasteiger partial charge in [-0.15, -0.1) is 0 Å². The molecule has 0 aromatic heterocycles. The zero-order chi connectivity index (χ0) is 10.3. The molecule has 0 aliphatic rings. The molecule has 13 heavy (non-hydrogen) atoms. The first-order chi connectivity index (χ1) is 6.06. The van der Waals surface area contributed by atoms with E-state index in [-0.39, 0.29) is 12.2 Å². The van der Waals surface area contributed by atoms with Gasteiger partial charge in [0.05, 0.1) is 18.8 Å². The fraction of sp³-hybridized carbons (Fsp3) is 1.00. The first-order valence-corrected chi connectivity index (χ1v) is 5.72. The van der Waals surface area contributed by atoms with Crippen molar-refractivity contribution in [2.75, 3.05) is 18.9 Å².